The van der Waals surface area contributed by atoms with Crippen molar-refractivity contribution in [2.24, 2.45) is 5.92 Å². The fraction of sp³-hybridized carbons (Fsp3) is 0.381. The first-order chi connectivity index (χ1) is 12.7. The van der Waals surface area contributed by atoms with Crippen molar-refractivity contribution < 1.29 is 9.53 Å². The molecule has 2 aliphatic heterocycles. The second-order valence-corrected chi connectivity index (χ2v) is 8.27. The lowest BCUT2D eigenvalue weighted by atomic mass is 9.96. The van der Waals surface area contributed by atoms with E-state index in [9.17, 15) is 4.79 Å². The SMILES string of the molecule is COc1ccc(Sc2ccc(C(=O)N[C@@H]3C[C@H]4CCN(C4)C3)cc2)cc1. The molecular weight excluding hydrogens is 344 g/mol. The zero-order valence-corrected chi connectivity index (χ0v) is 15.8. The summed E-state index contributed by atoms with van der Waals surface area (Å²) in [6.07, 6.45) is 2.40. The molecule has 0 saturated carbocycles. The molecule has 5 heteroatoms. The summed E-state index contributed by atoms with van der Waals surface area (Å²) in [5.41, 5.74) is 0.733. The standard InChI is InChI=1S/C21H24N2O2S/c1-25-18-4-8-20(9-5-18)26-19-6-2-16(3-7-19)21(24)22-17-12-15-10-11-23(13-15)14-17/h2-9,15,17H,10-14H2,1H3,(H,22,24)/t15-,17-/m1/s1. The zero-order valence-electron chi connectivity index (χ0n) is 15.0. The molecule has 2 bridgehead atoms. The van der Waals surface area contributed by atoms with Crippen molar-refractivity contribution in [3.63, 3.8) is 0 Å². The Morgan fingerprint density at radius 1 is 1.08 bits per heavy atom. The van der Waals surface area contributed by atoms with E-state index in [1.54, 1.807) is 18.9 Å². The first-order valence-corrected chi connectivity index (χ1v) is 9.96. The van der Waals surface area contributed by atoms with Gasteiger partial charge >= 0.3 is 0 Å². The molecule has 1 amide bonds. The van der Waals surface area contributed by atoms with E-state index in [0.29, 0.717) is 0 Å². The summed E-state index contributed by atoms with van der Waals surface area (Å²) in [6.45, 7) is 3.39. The minimum atomic E-state index is 0.0403. The van der Waals surface area contributed by atoms with Crippen molar-refractivity contribution in [2.75, 3.05) is 26.7 Å². The molecule has 2 aromatic carbocycles. The third-order valence-electron chi connectivity index (χ3n) is 5.21. The number of nitrogens with zero attached hydrogens (tertiary/aromatic N) is 1. The van der Waals surface area contributed by atoms with E-state index in [0.717, 1.165) is 40.0 Å². The smallest absolute Gasteiger partial charge is 0.251 e. The molecule has 0 aromatic heterocycles. The fourth-order valence-electron chi connectivity index (χ4n) is 3.89. The number of carbonyl (C=O) groups is 1. The van der Waals surface area contributed by atoms with Crippen LogP contribution in [-0.4, -0.2) is 43.6 Å². The number of hydrogen-bond acceptors (Lipinski definition) is 4. The van der Waals surface area contributed by atoms with Gasteiger partial charge in [0.1, 0.15) is 5.75 Å². The van der Waals surface area contributed by atoms with Crippen molar-refractivity contribution in [1.29, 1.82) is 0 Å². The second-order valence-electron chi connectivity index (χ2n) is 7.12. The van der Waals surface area contributed by atoms with Crippen LogP contribution in [0.25, 0.3) is 0 Å². The van der Waals surface area contributed by atoms with Gasteiger partial charge in [0.2, 0.25) is 0 Å². The lowest BCUT2D eigenvalue weighted by Gasteiger charge is -2.30. The average molecular weight is 369 g/mol. The molecule has 2 fully saturated rings. The fourth-order valence-corrected chi connectivity index (χ4v) is 4.70. The topological polar surface area (TPSA) is 41.6 Å². The van der Waals surface area contributed by atoms with Gasteiger partial charge in [-0.25, -0.2) is 0 Å². The second kappa shape index (κ2) is 7.72. The van der Waals surface area contributed by atoms with Crippen LogP contribution in [0, 0.1) is 5.92 Å². The molecule has 0 aliphatic carbocycles. The molecule has 136 valence electrons. The van der Waals surface area contributed by atoms with Gasteiger partial charge in [0, 0.05) is 34.5 Å². The normalized spacial score (nSPS) is 24.3. The number of fused-ring (bicyclic) bond motifs is 2. The maximum Gasteiger partial charge on any atom is 0.251 e. The number of methoxy groups -OCH3 is 1. The molecular formula is C21H24N2O2S. The van der Waals surface area contributed by atoms with Crippen LogP contribution in [0.1, 0.15) is 23.2 Å². The Kier molecular flexibility index (Phi) is 5.18. The van der Waals surface area contributed by atoms with Crippen LogP contribution in [0.2, 0.25) is 0 Å². The minimum absolute atomic E-state index is 0.0403. The van der Waals surface area contributed by atoms with Crippen molar-refractivity contribution in [2.45, 2.75) is 28.7 Å². The molecule has 2 aromatic rings. The van der Waals surface area contributed by atoms with Crippen LogP contribution >= 0.6 is 11.8 Å². The number of amides is 1. The van der Waals surface area contributed by atoms with Gasteiger partial charge in [0.25, 0.3) is 5.91 Å². The van der Waals surface area contributed by atoms with Crippen molar-refractivity contribution >= 4 is 17.7 Å². The van der Waals surface area contributed by atoms with Gasteiger partial charge in [-0.15, -0.1) is 0 Å². The summed E-state index contributed by atoms with van der Waals surface area (Å²) < 4.78 is 5.18. The van der Waals surface area contributed by atoms with Gasteiger partial charge in [-0.05, 0) is 73.8 Å². The van der Waals surface area contributed by atoms with E-state index in [4.69, 9.17) is 4.74 Å². The van der Waals surface area contributed by atoms with Crippen LogP contribution < -0.4 is 10.1 Å². The quantitative estimate of drug-likeness (QED) is 0.874. The highest BCUT2D eigenvalue weighted by molar-refractivity contribution is 7.99. The average Bonchev–Trinajstić information content (AvgIpc) is 3.01. The highest BCUT2D eigenvalue weighted by atomic mass is 32.2. The van der Waals surface area contributed by atoms with Gasteiger partial charge in [-0.1, -0.05) is 11.8 Å². The molecule has 0 spiro atoms. The first-order valence-electron chi connectivity index (χ1n) is 9.15. The van der Waals surface area contributed by atoms with Crippen molar-refractivity contribution in [3.05, 3.63) is 54.1 Å². The Bertz CT molecular complexity index is 749. The Labute approximate surface area is 158 Å². The first kappa shape index (κ1) is 17.4. The maximum atomic E-state index is 12.5. The van der Waals surface area contributed by atoms with E-state index in [-0.39, 0.29) is 11.9 Å². The van der Waals surface area contributed by atoms with Crippen LogP contribution in [0.3, 0.4) is 0 Å². The number of ether oxygens (including phenoxy) is 1. The number of nitrogens with one attached hydrogen (secondary N) is 1. The highest BCUT2D eigenvalue weighted by Crippen LogP contribution is 2.29. The minimum Gasteiger partial charge on any atom is -0.497 e. The predicted octanol–water partition coefficient (Wildman–Crippen LogP) is 3.67. The van der Waals surface area contributed by atoms with Crippen LogP contribution in [0.5, 0.6) is 5.75 Å². The van der Waals surface area contributed by atoms with Crippen LogP contribution in [0.4, 0.5) is 0 Å². The zero-order chi connectivity index (χ0) is 17.9. The number of rotatable bonds is 5. The summed E-state index contributed by atoms with van der Waals surface area (Å²) in [4.78, 5) is 17.3. The maximum absolute atomic E-state index is 12.5. The molecule has 1 N–H and O–H groups in total. The summed E-state index contributed by atoms with van der Waals surface area (Å²) in [6, 6.07) is 16.1. The van der Waals surface area contributed by atoms with E-state index in [1.807, 2.05) is 48.5 Å². The summed E-state index contributed by atoms with van der Waals surface area (Å²) in [5.74, 6) is 1.66. The largest absolute Gasteiger partial charge is 0.497 e. The molecule has 2 aliphatic rings. The number of carbonyl (C=O) groups excluding carboxylic acids is 1. The van der Waals surface area contributed by atoms with Gasteiger partial charge in [-0.2, -0.15) is 0 Å². The van der Waals surface area contributed by atoms with Crippen molar-refractivity contribution in [3.8, 4) is 5.75 Å². The monoisotopic (exact) mass is 368 g/mol. The summed E-state index contributed by atoms with van der Waals surface area (Å²) in [7, 11) is 1.67. The number of piperidine rings is 1. The predicted molar refractivity (Wildman–Crippen MR) is 104 cm³/mol. The molecule has 3 atom stereocenters. The Morgan fingerprint density at radius 2 is 1.77 bits per heavy atom. The highest BCUT2D eigenvalue weighted by Gasteiger charge is 2.32. The van der Waals surface area contributed by atoms with Gasteiger partial charge in [0.15, 0.2) is 0 Å². The molecule has 2 heterocycles. The third-order valence-corrected chi connectivity index (χ3v) is 6.23. The van der Waals surface area contributed by atoms with E-state index in [2.05, 4.69) is 10.2 Å². The molecule has 4 nitrogen and oxygen atoms in total. The van der Waals surface area contributed by atoms with E-state index < -0.39 is 0 Å². The molecule has 26 heavy (non-hydrogen) atoms. The van der Waals surface area contributed by atoms with Gasteiger partial charge in [-0.3, -0.25) is 4.79 Å². The summed E-state index contributed by atoms with van der Waals surface area (Å²) >= 11 is 1.68. The van der Waals surface area contributed by atoms with Crippen LogP contribution in [0.15, 0.2) is 58.3 Å². The lowest BCUT2D eigenvalue weighted by Crippen LogP contribution is -2.47. The molecule has 2 saturated heterocycles. The summed E-state index contributed by atoms with van der Waals surface area (Å²) in [5, 5.41) is 3.22. The lowest BCUT2D eigenvalue weighted by molar-refractivity contribution is 0.0909. The van der Waals surface area contributed by atoms with Gasteiger partial charge in [0.05, 0.1) is 7.11 Å². The van der Waals surface area contributed by atoms with Gasteiger partial charge < -0.3 is 15.0 Å². The third kappa shape index (κ3) is 4.05. The van der Waals surface area contributed by atoms with Crippen molar-refractivity contribution in [1.82, 2.24) is 10.2 Å². The Morgan fingerprint density at radius 3 is 2.42 bits per heavy atom. The van der Waals surface area contributed by atoms with Crippen LogP contribution in [-0.2, 0) is 0 Å². The number of hydrogen-bond donors (Lipinski definition) is 1. The Balaban J connectivity index is 1.35. The van der Waals surface area contributed by atoms with E-state index >= 15 is 0 Å². The molecule has 4 rings (SSSR count). The molecule has 0 radical (unpaired) electrons. The van der Waals surface area contributed by atoms with E-state index in [1.165, 1.54) is 19.5 Å². The molecule has 1 unspecified atom stereocenters. The number of benzene rings is 2. The Hall–Kier alpha value is -1.98.